The SMILES string of the molecule is COc1ccccc1N(CCCC(=O)N(Cc1ccc(F)cc1)[C@H](C)C(=O)NCC(C)C)S(C)(=O)=O. The lowest BCUT2D eigenvalue weighted by molar-refractivity contribution is -0.140. The summed E-state index contributed by atoms with van der Waals surface area (Å²) in [6, 6.07) is 11.8. The third kappa shape index (κ3) is 8.51. The maximum Gasteiger partial charge on any atom is 0.242 e. The number of hydrogen-bond donors (Lipinski definition) is 1. The number of ether oxygens (including phenoxy) is 1. The molecule has 0 spiro atoms. The van der Waals surface area contributed by atoms with E-state index in [-0.39, 0.29) is 43.7 Å². The van der Waals surface area contributed by atoms with Crippen LogP contribution in [0.15, 0.2) is 48.5 Å². The number of anilines is 1. The van der Waals surface area contributed by atoms with Crippen molar-refractivity contribution in [2.75, 3.05) is 30.8 Å². The summed E-state index contributed by atoms with van der Waals surface area (Å²) in [6.07, 6.45) is 1.34. The summed E-state index contributed by atoms with van der Waals surface area (Å²) in [4.78, 5) is 27.5. The van der Waals surface area contributed by atoms with Gasteiger partial charge in [0.25, 0.3) is 0 Å². The molecule has 2 amide bonds. The number of amides is 2. The van der Waals surface area contributed by atoms with E-state index in [2.05, 4.69) is 5.32 Å². The number of benzene rings is 2. The van der Waals surface area contributed by atoms with E-state index in [4.69, 9.17) is 4.74 Å². The topological polar surface area (TPSA) is 96.0 Å². The van der Waals surface area contributed by atoms with E-state index >= 15 is 0 Å². The number of halogens is 1. The zero-order valence-corrected chi connectivity index (χ0v) is 22.3. The fourth-order valence-electron chi connectivity index (χ4n) is 3.64. The third-order valence-electron chi connectivity index (χ3n) is 5.62. The first kappa shape index (κ1) is 29.1. The van der Waals surface area contributed by atoms with Gasteiger partial charge in [-0.15, -0.1) is 0 Å². The predicted molar refractivity (Wildman–Crippen MR) is 139 cm³/mol. The highest BCUT2D eigenvalue weighted by atomic mass is 32.2. The molecule has 0 aliphatic rings. The average molecular weight is 522 g/mol. The van der Waals surface area contributed by atoms with Crippen molar-refractivity contribution < 1.29 is 27.1 Å². The second-order valence-electron chi connectivity index (χ2n) is 9.07. The van der Waals surface area contributed by atoms with Gasteiger partial charge in [0, 0.05) is 26.1 Å². The van der Waals surface area contributed by atoms with E-state index in [9.17, 15) is 22.4 Å². The summed E-state index contributed by atoms with van der Waals surface area (Å²) in [5.74, 6) is -0.329. The molecular weight excluding hydrogens is 485 g/mol. The lowest BCUT2D eigenvalue weighted by Gasteiger charge is -2.30. The Morgan fingerprint density at radius 1 is 1.06 bits per heavy atom. The molecule has 1 N–H and O–H groups in total. The molecule has 198 valence electrons. The smallest absolute Gasteiger partial charge is 0.242 e. The van der Waals surface area contributed by atoms with Gasteiger partial charge in [-0.05, 0) is 49.1 Å². The summed E-state index contributed by atoms with van der Waals surface area (Å²) in [7, 11) is -2.18. The van der Waals surface area contributed by atoms with Gasteiger partial charge in [0.1, 0.15) is 17.6 Å². The van der Waals surface area contributed by atoms with Crippen LogP contribution in [0.4, 0.5) is 10.1 Å². The number of nitrogens with zero attached hydrogens (tertiary/aromatic N) is 2. The minimum Gasteiger partial charge on any atom is -0.495 e. The second-order valence-corrected chi connectivity index (χ2v) is 11.0. The summed E-state index contributed by atoms with van der Waals surface area (Å²) < 4.78 is 44.9. The molecular formula is C26H36FN3O5S. The Morgan fingerprint density at radius 2 is 1.69 bits per heavy atom. The molecule has 2 aromatic rings. The first-order valence-electron chi connectivity index (χ1n) is 11.9. The molecule has 36 heavy (non-hydrogen) atoms. The highest BCUT2D eigenvalue weighted by molar-refractivity contribution is 7.92. The van der Waals surface area contributed by atoms with E-state index in [0.29, 0.717) is 23.5 Å². The molecule has 0 fully saturated rings. The monoisotopic (exact) mass is 521 g/mol. The fraction of sp³-hybridized carbons (Fsp3) is 0.462. The quantitative estimate of drug-likeness (QED) is 0.435. The molecule has 0 heterocycles. The van der Waals surface area contributed by atoms with Crippen LogP contribution < -0.4 is 14.4 Å². The number of carbonyl (C=O) groups is 2. The maximum atomic E-state index is 13.4. The molecule has 0 aromatic heterocycles. The van der Waals surface area contributed by atoms with Gasteiger partial charge in [0.15, 0.2) is 0 Å². The molecule has 10 heteroatoms. The van der Waals surface area contributed by atoms with Crippen molar-refractivity contribution in [2.24, 2.45) is 5.92 Å². The summed E-state index contributed by atoms with van der Waals surface area (Å²) >= 11 is 0. The minimum absolute atomic E-state index is 0.0180. The Hall–Kier alpha value is -3.14. The molecule has 2 aromatic carbocycles. The van der Waals surface area contributed by atoms with Crippen LogP contribution >= 0.6 is 0 Å². The van der Waals surface area contributed by atoms with Crippen molar-refractivity contribution in [1.29, 1.82) is 0 Å². The third-order valence-corrected chi connectivity index (χ3v) is 6.80. The Bertz CT molecular complexity index is 1120. The van der Waals surface area contributed by atoms with Gasteiger partial charge in [-0.3, -0.25) is 13.9 Å². The Kier molecular flexibility index (Phi) is 10.7. The molecule has 8 nitrogen and oxygen atoms in total. The maximum absolute atomic E-state index is 13.4. The number of nitrogens with one attached hydrogen (secondary N) is 1. The fourth-order valence-corrected chi connectivity index (χ4v) is 4.61. The lowest BCUT2D eigenvalue weighted by Crippen LogP contribution is -2.48. The number of hydrogen-bond acceptors (Lipinski definition) is 5. The van der Waals surface area contributed by atoms with Crippen LogP contribution in [0.3, 0.4) is 0 Å². The Labute approximate surface area is 213 Å². The normalized spacial score (nSPS) is 12.2. The van der Waals surface area contributed by atoms with E-state index in [1.54, 1.807) is 43.3 Å². The first-order valence-corrected chi connectivity index (χ1v) is 13.7. The standard InChI is InChI=1S/C26H36FN3O5S/c1-19(2)17-28-26(32)20(3)29(18-21-12-14-22(27)15-13-21)25(31)11-8-16-30(36(5,33)34)23-9-6-7-10-24(23)35-4/h6-7,9-10,12-15,19-20H,8,11,16-18H2,1-5H3,(H,28,32)/t20-/m1/s1. The number of sulfonamides is 1. The van der Waals surface area contributed by atoms with E-state index in [1.165, 1.54) is 28.4 Å². The van der Waals surface area contributed by atoms with Gasteiger partial charge in [-0.2, -0.15) is 0 Å². The molecule has 1 atom stereocenters. The van der Waals surface area contributed by atoms with Gasteiger partial charge >= 0.3 is 0 Å². The van der Waals surface area contributed by atoms with Crippen LogP contribution in [0, 0.1) is 11.7 Å². The molecule has 0 bridgehead atoms. The molecule has 0 saturated carbocycles. The average Bonchev–Trinajstić information content (AvgIpc) is 2.83. The lowest BCUT2D eigenvalue weighted by atomic mass is 10.1. The minimum atomic E-state index is -3.64. The zero-order chi connectivity index (χ0) is 26.9. The van der Waals surface area contributed by atoms with Crippen LogP contribution in [0.1, 0.15) is 39.2 Å². The van der Waals surface area contributed by atoms with Crippen molar-refractivity contribution in [3.63, 3.8) is 0 Å². The zero-order valence-electron chi connectivity index (χ0n) is 21.5. The molecule has 0 aliphatic carbocycles. The molecule has 2 rings (SSSR count). The van der Waals surface area contributed by atoms with E-state index in [1.807, 2.05) is 13.8 Å². The number of methoxy groups -OCH3 is 1. The van der Waals surface area contributed by atoms with Gasteiger partial charge in [-0.25, -0.2) is 12.8 Å². The highest BCUT2D eigenvalue weighted by Gasteiger charge is 2.27. The van der Waals surface area contributed by atoms with Crippen LogP contribution in [-0.2, 0) is 26.2 Å². The Morgan fingerprint density at radius 3 is 2.28 bits per heavy atom. The number of carbonyl (C=O) groups excluding carboxylic acids is 2. The van der Waals surface area contributed by atoms with Crippen molar-refractivity contribution >= 4 is 27.5 Å². The molecule has 0 unspecified atom stereocenters. The summed E-state index contributed by atoms with van der Waals surface area (Å²) in [5, 5.41) is 2.85. The van der Waals surface area contributed by atoms with Crippen molar-refractivity contribution in [1.82, 2.24) is 10.2 Å². The molecule has 0 saturated heterocycles. The van der Waals surface area contributed by atoms with E-state index < -0.39 is 21.9 Å². The van der Waals surface area contributed by atoms with Crippen LogP contribution in [0.5, 0.6) is 5.75 Å². The highest BCUT2D eigenvalue weighted by Crippen LogP contribution is 2.29. The van der Waals surface area contributed by atoms with E-state index in [0.717, 1.165) is 6.26 Å². The number of para-hydroxylation sites is 2. The summed E-state index contributed by atoms with van der Waals surface area (Å²) in [5.41, 5.74) is 1.07. The predicted octanol–water partition coefficient (Wildman–Crippen LogP) is 3.57. The number of rotatable bonds is 13. The van der Waals surface area contributed by atoms with Crippen LogP contribution in [0.25, 0.3) is 0 Å². The molecule has 0 aliphatic heterocycles. The second kappa shape index (κ2) is 13.2. The summed E-state index contributed by atoms with van der Waals surface area (Å²) in [6.45, 7) is 6.25. The van der Waals surface area contributed by atoms with Crippen LogP contribution in [0.2, 0.25) is 0 Å². The largest absolute Gasteiger partial charge is 0.495 e. The van der Waals surface area contributed by atoms with Crippen molar-refractivity contribution in [3.8, 4) is 5.75 Å². The van der Waals surface area contributed by atoms with Crippen molar-refractivity contribution in [3.05, 3.63) is 59.9 Å². The Balaban J connectivity index is 2.18. The molecule has 0 radical (unpaired) electrons. The van der Waals surface area contributed by atoms with Crippen molar-refractivity contribution in [2.45, 2.75) is 46.2 Å². The van der Waals surface area contributed by atoms with Gasteiger partial charge in [0.05, 0.1) is 19.1 Å². The van der Waals surface area contributed by atoms with Crippen LogP contribution in [-0.4, -0.2) is 57.6 Å². The van der Waals surface area contributed by atoms with Gasteiger partial charge in [0.2, 0.25) is 21.8 Å². The first-order chi connectivity index (χ1) is 16.9. The van der Waals surface area contributed by atoms with Gasteiger partial charge in [-0.1, -0.05) is 38.1 Å². The van der Waals surface area contributed by atoms with Gasteiger partial charge < -0.3 is 15.0 Å².